The molecule has 2 aromatic heterocycles. The Labute approximate surface area is 156 Å². The average Bonchev–Trinajstić information content (AvgIpc) is 3.18. The molecule has 136 valence electrons. The molecule has 1 aromatic carbocycles. The van der Waals surface area contributed by atoms with Gasteiger partial charge >= 0.3 is 0 Å². The number of carbonyl (C=O) groups excluding carboxylic acids is 1. The van der Waals surface area contributed by atoms with E-state index < -0.39 is 0 Å². The minimum atomic E-state index is -0.330. The molecule has 0 unspecified atom stereocenters. The van der Waals surface area contributed by atoms with Gasteiger partial charge in [0, 0.05) is 5.02 Å². The molecule has 2 N–H and O–H groups in total. The molecule has 1 amide bonds. The fourth-order valence-corrected chi connectivity index (χ4v) is 2.73. The second-order valence-electron chi connectivity index (χ2n) is 6.38. The summed E-state index contributed by atoms with van der Waals surface area (Å²) in [4.78, 5) is 18.5. The Morgan fingerprint density at radius 1 is 1.27 bits per heavy atom. The summed E-state index contributed by atoms with van der Waals surface area (Å²) in [7, 11) is 0. The van der Waals surface area contributed by atoms with E-state index in [1.165, 1.54) is 4.80 Å². The number of aromatic amines is 1. The maximum atomic E-state index is 12.8. The normalized spacial score (nSPS) is 12.4. The zero-order chi connectivity index (χ0) is 18.8. The molecule has 0 aliphatic rings. The third-order valence-corrected chi connectivity index (χ3v) is 4.12. The van der Waals surface area contributed by atoms with Crippen molar-refractivity contribution in [1.29, 1.82) is 0 Å². The summed E-state index contributed by atoms with van der Waals surface area (Å²) in [5.74, 6) is 1.03. The Morgan fingerprint density at radius 2 is 2.04 bits per heavy atom. The Morgan fingerprint density at radius 3 is 2.65 bits per heavy atom. The third kappa shape index (κ3) is 3.75. The number of aryl methyl sites for hydroxylation is 2. The molecule has 0 fully saturated rings. The summed E-state index contributed by atoms with van der Waals surface area (Å²) in [6.45, 7) is 7.54. The van der Waals surface area contributed by atoms with Crippen molar-refractivity contribution in [3.8, 4) is 5.69 Å². The standard InChI is InChI=1S/C17H20ClN7O/c1-9(2)14(16-19-11(4)21-22-16)20-17(26)15-10(3)23-25(24-15)13-7-5-6-12(18)8-13/h5-9,14H,1-4H3,(H,20,26)(H,19,21,22)/t14-/m1/s1. The van der Waals surface area contributed by atoms with Gasteiger partial charge in [-0.25, -0.2) is 4.98 Å². The first-order chi connectivity index (χ1) is 12.3. The number of benzene rings is 1. The predicted octanol–water partition coefficient (Wildman–Crippen LogP) is 2.78. The molecule has 0 saturated heterocycles. The number of nitrogens with one attached hydrogen (secondary N) is 2. The van der Waals surface area contributed by atoms with Gasteiger partial charge in [-0.05, 0) is 38.0 Å². The highest BCUT2D eigenvalue weighted by Gasteiger charge is 2.25. The van der Waals surface area contributed by atoms with Gasteiger partial charge in [0.1, 0.15) is 5.82 Å². The number of carbonyl (C=O) groups is 1. The molecule has 0 spiro atoms. The lowest BCUT2D eigenvalue weighted by Crippen LogP contribution is -2.33. The molecule has 0 aliphatic heterocycles. The largest absolute Gasteiger partial charge is 0.340 e. The molecule has 2 heterocycles. The average molecular weight is 374 g/mol. The number of halogens is 1. The van der Waals surface area contributed by atoms with Gasteiger partial charge in [-0.2, -0.15) is 15.0 Å². The highest BCUT2D eigenvalue weighted by Crippen LogP contribution is 2.19. The molecule has 26 heavy (non-hydrogen) atoms. The molecule has 0 aliphatic carbocycles. The highest BCUT2D eigenvalue weighted by molar-refractivity contribution is 6.30. The van der Waals surface area contributed by atoms with E-state index in [-0.39, 0.29) is 23.6 Å². The van der Waals surface area contributed by atoms with E-state index in [1.807, 2.05) is 26.8 Å². The topological polar surface area (TPSA) is 101 Å². The fourth-order valence-electron chi connectivity index (χ4n) is 2.54. The van der Waals surface area contributed by atoms with Gasteiger partial charge in [-0.15, -0.1) is 5.10 Å². The molecule has 9 heteroatoms. The lowest BCUT2D eigenvalue weighted by atomic mass is 10.0. The number of H-pyrrole nitrogens is 1. The van der Waals surface area contributed by atoms with Gasteiger partial charge in [0.05, 0.1) is 17.4 Å². The Balaban J connectivity index is 1.85. The van der Waals surface area contributed by atoms with Crippen LogP contribution in [0.4, 0.5) is 0 Å². The monoisotopic (exact) mass is 373 g/mol. The summed E-state index contributed by atoms with van der Waals surface area (Å²) in [5, 5.41) is 19.1. The summed E-state index contributed by atoms with van der Waals surface area (Å²) < 4.78 is 0. The van der Waals surface area contributed by atoms with Crippen molar-refractivity contribution in [1.82, 2.24) is 35.5 Å². The SMILES string of the molecule is Cc1nc([C@H](NC(=O)c2nn(-c3cccc(Cl)c3)nc2C)C(C)C)n[nH]1. The van der Waals surface area contributed by atoms with E-state index in [4.69, 9.17) is 11.6 Å². The second kappa shape index (κ2) is 7.25. The van der Waals surface area contributed by atoms with E-state index in [9.17, 15) is 4.79 Å². The maximum Gasteiger partial charge on any atom is 0.274 e. The fraction of sp³-hybridized carbons (Fsp3) is 0.353. The van der Waals surface area contributed by atoms with Crippen LogP contribution in [-0.2, 0) is 0 Å². The van der Waals surface area contributed by atoms with Crippen LogP contribution in [-0.4, -0.2) is 36.1 Å². The molecule has 8 nitrogen and oxygen atoms in total. The van der Waals surface area contributed by atoms with Crippen LogP contribution < -0.4 is 5.32 Å². The van der Waals surface area contributed by atoms with Crippen LogP contribution in [0.15, 0.2) is 24.3 Å². The summed E-state index contributed by atoms with van der Waals surface area (Å²) >= 11 is 6.01. The van der Waals surface area contributed by atoms with Crippen molar-refractivity contribution in [2.45, 2.75) is 33.7 Å². The first-order valence-electron chi connectivity index (χ1n) is 8.25. The van der Waals surface area contributed by atoms with Crippen molar-refractivity contribution < 1.29 is 4.79 Å². The molecular formula is C17H20ClN7O. The van der Waals surface area contributed by atoms with Gasteiger partial charge < -0.3 is 5.32 Å². The van der Waals surface area contributed by atoms with Crippen molar-refractivity contribution in [3.05, 3.63) is 52.3 Å². The number of rotatable bonds is 5. The van der Waals surface area contributed by atoms with Gasteiger partial charge in [-0.3, -0.25) is 9.89 Å². The van der Waals surface area contributed by atoms with Crippen LogP contribution in [0.5, 0.6) is 0 Å². The number of amides is 1. The van der Waals surface area contributed by atoms with Gasteiger partial charge in [0.2, 0.25) is 0 Å². The van der Waals surface area contributed by atoms with Gasteiger partial charge in [-0.1, -0.05) is 31.5 Å². The van der Waals surface area contributed by atoms with E-state index in [0.29, 0.717) is 28.1 Å². The highest BCUT2D eigenvalue weighted by atomic mass is 35.5. The van der Waals surface area contributed by atoms with Crippen LogP contribution in [0, 0.1) is 19.8 Å². The number of aromatic nitrogens is 6. The summed E-state index contributed by atoms with van der Waals surface area (Å²) in [6, 6.07) is 6.79. The Bertz CT molecular complexity index is 931. The lowest BCUT2D eigenvalue weighted by molar-refractivity contribution is 0.0917. The van der Waals surface area contributed by atoms with E-state index in [1.54, 1.807) is 25.1 Å². The van der Waals surface area contributed by atoms with Crippen LogP contribution >= 0.6 is 11.6 Å². The molecule has 3 aromatic rings. The van der Waals surface area contributed by atoms with Crippen LogP contribution in [0.2, 0.25) is 5.02 Å². The molecule has 3 rings (SSSR count). The van der Waals surface area contributed by atoms with Crippen LogP contribution in [0.25, 0.3) is 5.69 Å². The molecule has 1 atom stereocenters. The third-order valence-electron chi connectivity index (χ3n) is 3.88. The number of hydrogen-bond donors (Lipinski definition) is 2. The zero-order valence-electron chi connectivity index (χ0n) is 15.0. The minimum Gasteiger partial charge on any atom is -0.340 e. The van der Waals surface area contributed by atoms with Gasteiger partial charge in [0.25, 0.3) is 5.91 Å². The number of nitrogens with zero attached hydrogens (tertiary/aromatic N) is 5. The smallest absolute Gasteiger partial charge is 0.274 e. The van der Waals surface area contributed by atoms with Crippen LogP contribution in [0.1, 0.15) is 47.7 Å². The second-order valence-corrected chi connectivity index (χ2v) is 6.81. The summed E-state index contributed by atoms with van der Waals surface area (Å²) in [5.41, 5.74) is 1.46. The van der Waals surface area contributed by atoms with E-state index in [0.717, 1.165) is 0 Å². The van der Waals surface area contributed by atoms with E-state index in [2.05, 4.69) is 30.7 Å². The summed E-state index contributed by atoms with van der Waals surface area (Å²) in [6.07, 6.45) is 0. The lowest BCUT2D eigenvalue weighted by Gasteiger charge is -2.18. The van der Waals surface area contributed by atoms with Crippen molar-refractivity contribution in [2.24, 2.45) is 5.92 Å². The maximum absolute atomic E-state index is 12.8. The first kappa shape index (κ1) is 18.1. The molecule has 0 saturated carbocycles. The minimum absolute atomic E-state index is 0.109. The quantitative estimate of drug-likeness (QED) is 0.716. The van der Waals surface area contributed by atoms with Crippen molar-refractivity contribution >= 4 is 17.5 Å². The first-order valence-corrected chi connectivity index (χ1v) is 8.62. The Kier molecular flexibility index (Phi) is 5.03. The molecule has 0 radical (unpaired) electrons. The molecular weight excluding hydrogens is 354 g/mol. The Hall–Kier alpha value is -2.74. The predicted molar refractivity (Wildman–Crippen MR) is 97.3 cm³/mol. The zero-order valence-corrected chi connectivity index (χ0v) is 15.7. The van der Waals surface area contributed by atoms with Crippen molar-refractivity contribution in [2.75, 3.05) is 0 Å². The van der Waals surface area contributed by atoms with Crippen molar-refractivity contribution in [3.63, 3.8) is 0 Å². The van der Waals surface area contributed by atoms with E-state index >= 15 is 0 Å². The van der Waals surface area contributed by atoms with Crippen LogP contribution in [0.3, 0.4) is 0 Å². The van der Waals surface area contributed by atoms with Gasteiger partial charge in [0.15, 0.2) is 11.5 Å². The molecule has 0 bridgehead atoms. The number of hydrogen-bond acceptors (Lipinski definition) is 5.